The fourth-order valence-electron chi connectivity index (χ4n) is 5.23. The molecule has 1 unspecified atom stereocenters. The first-order valence-corrected chi connectivity index (χ1v) is 12.2. The first-order valence-electron chi connectivity index (χ1n) is 12.2. The number of likely N-dealkylation sites (tertiary alicyclic amines) is 1. The molecule has 1 saturated heterocycles. The Morgan fingerprint density at radius 3 is 2.78 bits per heavy atom. The highest BCUT2D eigenvalue weighted by Crippen LogP contribution is 2.37. The molecule has 9 nitrogen and oxygen atoms in total. The number of nitrogens with zero attached hydrogens (tertiary/aromatic N) is 6. The molecule has 1 saturated carbocycles. The van der Waals surface area contributed by atoms with Gasteiger partial charge in [-0.05, 0) is 31.4 Å². The highest BCUT2D eigenvalue weighted by Gasteiger charge is 2.36. The van der Waals surface area contributed by atoms with E-state index in [0.29, 0.717) is 47.7 Å². The van der Waals surface area contributed by atoms with Gasteiger partial charge >= 0.3 is 0 Å². The van der Waals surface area contributed by atoms with E-state index >= 15 is 4.39 Å². The van der Waals surface area contributed by atoms with Gasteiger partial charge in [-0.2, -0.15) is 0 Å². The summed E-state index contributed by atoms with van der Waals surface area (Å²) < 4.78 is 24.4. The van der Waals surface area contributed by atoms with Gasteiger partial charge in [0, 0.05) is 32.0 Å². The fourth-order valence-corrected chi connectivity index (χ4v) is 5.23. The summed E-state index contributed by atoms with van der Waals surface area (Å²) in [6.07, 6.45) is 9.20. The molecule has 2 fully saturated rings. The number of hydrogen-bond donors (Lipinski definition) is 1. The molecule has 2 N–H and O–H groups in total. The van der Waals surface area contributed by atoms with E-state index in [1.165, 1.54) is 18.5 Å². The minimum absolute atomic E-state index is 0.0733. The first kappa shape index (κ1) is 23.2. The lowest BCUT2D eigenvalue weighted by molar-refractivity contribution is -0.127. The normalized spacial score (nSPS) is 19.4. The molecule has 1 aliphatic heterocycles. The number of carbonyl (C=O) groups is 1. The van der Waals surface area contributed by atoms with Gasteiger partial charge in [-0.3, -0.25) is 4.79 Å². The Morgan fingerprint density at radius 1 is 1.22 bits per heavy atom. The number of benzene rings is 1. The molecular formula is C27H26FN7O2. The molecule has 0 bridgehead atoms. The van der Waals surface area contributed by atoms with Crippen LogP contribution in [0.5, 0.6) is 0 Å². The molecule has 1 aromatic carbocycles. The van der Waals surface area contributed by atoms with E-state index in [1.54, 1.807) is 24.4 Å². The summed E-state index contributed by atoms with van der Waals surface area (Å²) in [5, 5.41) is 0.603. The molecule has 2 aliphatic rings. The maximum atomic E-state index is 15.0. The topological polar surface area (TPSA) is 104 Å². The van der Waals surface area contributed by atoms with Crippen LogP contribution in [0, 0.1) is 17.7 Å². The van der Waals surface area contributed by atoms with Gasteiger partial charge < -0.3 is 24.5 Å². The number of amides is 1. The Morgan fingerprint density at radius 2 is 2.03 bits per heavy atom. The Labute approximate surface area is 212 Å². The van der Waals surface area contributed by atoms with Crippen molar-refractivity contribution < 1.29 is 13.9 Å². The molecular weight excluding hydrogens is 473 g/mol. The highest BCUT2D eigenvalue weighted by atomic mass is 19.1. The number of halogens is 1. The van der Waals surface area contributed by atoms with Gasteiger partial charge in [0.1, 0.15) is 23.6 Å². The number of hydrogen-bond acceptors (Lipinski definition) is 6. The molecule has 4 heterocycles. The number of nitrogen functional groups attached to an aromatic ring is 1. The minimum atomic E-state index is -0.396. The van der Waals surface area contributed by atoms with Crippen molar-refractivity contribution in [2.45, 2.75) is 37.4 Å². The molecule has 0 radical (unpaired) electrons. The summed E-state index contributed by atoms with van der Waals surface area (Å²) >= 11 is 0. The lowest BCUT2D eigenvalue weighted by Crippen LogP contribution is -2.37. The SMILES string of the molecule is C=CC(=O)N1CC(n2cc(C#Cc3cc4ncn(C5CC5)c4cc3F)c3c(N)ncnc32)C[C@@H]1COC. The van der Waals surface area contributed by atoms with Gasteiger partial charge in [-0.25, -0.2) is 19.3 Å². The number of ether oxygens (including phenoxy) is 1. The summed E-state index contributed by atoms with van der Waals surface area (Å²) in [7, 11) is 1.61. The average molecular weight is 500 g/mol. The largest absolute Gasteiger partial charge is 0.383 e. The van der Waals surface area contributed by atoms with E-state index in [4.69, 9.17) is 10.5 Å². The molecule has 10 heteroatoms. The molecule has 188 valence electrons. The Kier molecular flexibility index (Phi) is 5.65. The number of methoxy groups -OCH3 is 1. The smallest absolute Gasteiger partial charge is 0.246 e. The molecule has 6 rings (SSSR count). The Bertz CT molecular complexity index is 1610. The summed E-state index contributed by atoms with van der Waals surface area (Å²) in [5.74, 6) is 5.80. The quantitative estimate of drug-likeness (QED) is 0.334. The van der Waals surface area contributed by atoms with Crippen LogP contribution in [0.4, 0.5) is 10.2 Å². The summed E-state index contributed by atoms with van der Waals surface area (Å²) in [5.41, 5.74) is 9.19. The minimum Gasteiger partial charge on any atom is -0.383 e. The predicted molar refractivity (Wildman–Crippen MR) is 137 cm³/mol. The second-order valence-corrected chi connectivity index (χ2v) is 9.55. The van der Waals surface area contributed by atoms with Crippen LogP contribution in [-0.2, 0) is 9.53 Å². The number of aromatic nitrogens is 5. The van der Waals surface area contributed by atoms with Crippen molar-refractivity contribution in [1.82, 2.24) is 29.0 Å². The van der Waals surface area contributed by atoms with Crippen LogP contribution in [0.2, 0.25) is 0 Å². The fraction of sp³-hybridized carbons (Fsp3) is 0.333. The molecule has 1 aliphatic carbocycles. The van der Waals surface area contributed by atoms with Crippen LogP contribution in [0.25, 0.3) is 22.1 Å². The monoisotopic (exact) mass is 499 g/mol. The average Bonchev–Trinajstić information content (AvgIpc) is 3.35. The second-order valence-electron chi connectivity index (χ2n) is 9.55. The molecule has 3 aromatic heterocycles. The van der Waals surface area contributed by atoms with Crippen LogP contribution in [0.3, 0.4) is 0 Å². The van der Waals surface area contributed by atoms with Crippen LogP contribution >= 0.6 is 0 Å². The van der Waals surface area contributed by atoms with Gasteiger partial charge in [0.05, 0.1) is 52.6 Å². The molecule has 0 spiro atoms. The van der Waals surface area contributed by atoms with Gasteiger partial charge in [0.25, 0.3) is 0 Å². The third-order valence-corrected chi connectivity index (χ3v) is 7.18. The van der Waals surface area contributed by atoms with Crippen molar-refractivity contribution in [3.05, 3.63) is 60.6 Å². The Balaban J connectivity index is 1.39. The Hall–Kier alpha value is -4.23. The summed E-state index contributed by atoms with van der Waals surface area (Å²) in [6, 6.07) is 3.43. The number of fused-ring (bicyclic) bond motifs is 2. The standard InChI is InChI=1S/C27H26FN7O2/c1-3-24(36)33-12-19(9-20(33)13-37-2)34-11-17(25-26(29)30-14-31-27(25)34)5-4-16-8-22-23(10-21(16)28)35(15-32-22)18-6-7-18/h3,8,10-11,14-15,18-20H,1,6-7,9,12-13H2,2H3,(H2,29,30,31)/t19?,20-/m1/s1. The molecule has 1 amide bonds. The second kappa shape index (κ2) is 9.01. The maximum Gasteiger partial charge on any atom is 0.246 e. The van der Waals surface area contributed by atoms with E-state index in [2.05, 4.69) is 33.4 Å². The van der Waals surface area contributed by atoms with Gasteiger partial charge in [0.2, 0.25) is 5.91 Å². The molecule has 2 atom stereocenters. The van der Waals surface area contributed by atoms with Crippen molar-refractivity contribution >= 4 is 33.8 Å². The van der Waals surface area contributed by atoms with E-state index in [0.717, 1.165) is 18.4 Å². The van der Waals surface area contributed by atoms with Crippen LogP contribution in [-0.4, -0.2) is 61.2 Å². The third kappa shape index (κ3) is 4.01. The maximum absolute atomic E-state index is 15.0. The molecule has 4 aromatic rings. The first-order chi connectivity index (χ1) is 18.0. The number of anilines is 1. The van der Waals surface area contributed by atoms with Crippen LogP contribution in [0.1, 0.15) is 42.5 Å². The number of carbonyl (C=O) groups excluding carboxylic acids is 1. The molecule has 37 heavy (non-hydrogen) atoms. The van der Waals surface area contributed by atoms with Crippen molar-refractivity contribution in [2.75, 3.05) is 26.0 Å². The van der Waals surface area contributed by atoms with Crippen molar-refractivity contribution in [3.63, 3.8) is 0 Å². The van der Waals surface area contributed by atoms with Crippen LogP contribution < -0.4 is 5.73 Å². The summed E-state index contributed by atoms with van der Waals surface area (Å²) in [6.45, 7) is 4.51. The van der Waals surface area contributed by atoms with E-state index in [1.807, 2.05) is 15.3 Å². The lowest BCUT2D eigenvalue weighted by Gasteiger charge is -2.22. The summed E-state index contributed by atoms with van der Waals surface area (Å²) in [4.78, 5) is 27.3. The van der Waals surface area contributed by atoms with Crippen molar-refractivity contribution in [1.29, 1.82) is 0 Å². The van der Waals surface area contributed by atoms with Crippen molar-refractivity contribution in [2.24, 2.45) is 0 Å². The van der Waals surface area contributed by atoms with E-state index in [9.17, 15) is 4.79 Å². The van der Waals surface area contributed by atoms with Crippen molar-refractivity contribution in [3.8, 4) is 11.8 Å². The predicted octanol–water partition coefficient (Wildman–Crippen LogP) is 3.21. The van der Waals surface area contributed by atoms with E-state index < -0.39 is 5.82 Å². The van der Waals surface area contributed by atoms with Crippen LogP contribution in [0.15, 0.2) is 43.6 Å². The number of nitrogens with two attached hydrogens (primary N) is 1. The zero-order valence-electron chi connectivity index (χ0n) is 20.4. The number of rotatable bonds is 5. The van der Waals surface area contributed by atoms with Gasteiger partial charge in [-0.1, -0.05) is 18.4 Å². The zero-order valence-corrected chi connectivity index (χ0v) is 20.4. The lowest BCUT2D eigenvalue weighted by atomic mass is 10.1. The van der Waals surface area contributed by atoms with Gasteiger partial charge in [-0.15, -0.1) is 0 Å². The highest BCUT2D eigenvalue weighted by molar-refractivity contribution is 5.93. The van der Waals surface area contributed by atoms with E-state index in [-0.39, 0.29) is 29.4 Å². The number of imidazole rings is 1. The van der Waals surface area contributed by atoms with Gasteiger partial charge in [0.15, 0.2) is 0 Å². The zero-order chi connectivity index (χ0) is 25.7. The third-order valence-electron chi connectivity index (χ3n) is 7.18.